The second kappa shape index (κ2) is 27.1. The minimum atomic E-state index is -3.18. The first-order chi connectivity index (χ1) is 17.8. The number of carbonyl (C=O) groups is 1. The van der Waals surface area contributed by atoms with Crippen molar-refractivity contribution in [2.45, 2.75) is 167 Å². The average Bonchev–Trinajstić information content (AvgIpc) is 2.88. The Bertz CT molecular complexity index is 524. The third-order valence-corrected chi connectivity index (χ3v) is 7.72. The number of aliphatic hydroxyl groups is 1. The lowest BCUT2D eigenvalue weighted by Gasteiger charge is -2.21. The molecule has 0 spiro atoms. The van der Waals surface area contributed by atoms with Crippen LogP contribution >= 0.6 is 8.73 Å². The van der Waals surface area contributed by atoms with Gasteiger partial charge in [-0.3, -0.25) is 4.79 Å². The van der Waals surface area contributed by atoms with E-state index in [4.69, 9.17) is 14.4 Å². The van der Waals surface area contributed by atoms with Gasteiger partial charge >= 0.3 is 0 Å². The molecule has 0 heterocycles. The summed E-state index contributed by atoms with van der Waals surface area (Å²) in [6, 6.07) is 0.0689. The van der Waals surface area contributed by atoms with Gasteiger partial charge in [0, 0.05) is 13.7 Å². The van der Waals surface area contributed by atoms with E-state index < -0.39 is 23.3 Å². The molecule has 35 heavy (non-hydrogen) atoms. The maximum Gasteiger partial charge on any atom is 0.220 e. The van der Waals surface area contributed by atoms with Crippen molar-refractivity contribution >= 4 is 30.6 Å². The van der Waals surface area contributed by atoms with E-state index in [2.05, 4.69) is 19.2 Å². The monoisotopic (exact) mass is 530 g/mol. The highest BCUT2D eigenvalue weighted by Gasteiger charge is 2.15. The highest BCUT2D eigenvalue weighted by atomic mass is 31.3. The molecule has 0 aromatic rings. The Morgan fingerprint density at radius 3 is 1.89 bits per heavy atom. The summed E-state index contributed by atoms with van der Waals surface area (Å²) < 4.78 is 20.4. The van der Waals surface area contributed by atoms with Gasteiger partial charge in [-0.05, 0) is 25.7 Å². The SMILES string of the molecule is [2H][Si]([B])(OC[C@@H](O)CCC(CCCCCCCCC)NC(=O)CCCCCCCCCCCCC)P[3H]. The maximum absolute atomic E-state index is 12.6. The molecular weight excluding hydrogens is 468 g/mol. The van der Waals surface area contributed by atoms with Crippen LogP contribution in [-0.4, -0.2) is 48.2 Å². The van der Waals surface area contributed by atoms with Crippen molar-refractivity contribution in [3.63, 3.8) is 0 Å². The molecule has 4 atom stereocenters. The van der Waals surface area contributed by atoms with E-state index in [0.29, 0.717) is 19.3 Å². The van der Waals surface area contributed by atoms with Gasteiger partial charge in [0.05, 0.1) is 21.4 Å². The van der Waals surface area contributed by atoms with Gasteiger partial charge in [0.15, 0.2) is 0 Å². The molecule has 0 aliphatic carbocycles. The van der Waals surface area contributed by atoms with E-state index in [9.17, 15) is 9.90 Å². The minimum absolute atomic E-state index is 0.00887. The second-order valence-electron chi connectivity index (χ2n) is 10.4. The lowest BCUT2D eigenvalue weighted by atomic mass is 10.00. The Kier molecular flexibility index (Phi) is 24.3. The molecule has 0 aromatic carbocycles. The maximum atomic E-state index is 12.6. The zero-order chi connectivity index (χ0) is 27.6. The quantitative estimate of drug-likeness (QED) is 0.0637. The fourth-order valence-corrected chi connectivity index (χ4v) is 5.17. The molecule has 0 rings (SSSR count). The Balaban J connectivity index is 4.20. The highest BCUT2D eigenvalue weighted by Crippen LogP contribution is 2.15. The van der Waals surface area contributed by atoms with Crippen molar-refractivity contribution in [1.29, 1.82) is 2.51 Å². The van der Waals surface area contributed by atoms with E-state index in [1.54, 1.807) is 0 Å². The van der Waals surface area contributed by atoms with Crippen LogP contribution in [0.2, 0.25) is 0 Å². The van der Waals surface area contributed by atoms with Gasteiger partial charge in [0.1, 0.15) is 8.51 Å². The van der Waals surface area contributed by atoms with Crippen LogP contribution in [0.3, 0.4) is 0 Å². The van der Waals surface area contributed by atoms with Gasteiger partial charge in [-0.25, -0.2) is 0 Å². The average molecular weight is 531 g/mol. The van der Waals surface area contributed by atoms with Gasteiger partial charge in [0.2, 0.25) is 5.91 Å². The molecular formula is C28H59BNO3PSi. The third-order valence-electron chi connectivity index (χ3n) is 6.81. The Morgan fingerprint density at radius 2 is 1.37 bits per heavy atom. The van der Waals surface area contributed by atoms with Crippen LogP contribution in [0.25, 0.3) is 0 Å². The summed E-state index contributed by atoms with van der Waals surface area (Å²) in [5, 5.41) is 13.5. The summed E-state index contributed by atoms with van der Waals surface area (Å²) in [6.07, 6.45) is 24.7. The number of nitrogens with one attached hydrogen (secondary N) is 1. The van der Waals surface area contributed by atoms with Crippen molar-refractivity contribution in [3.05, 3.63) is 0 Å². The summed E-state index contributed by atoms with van der Waals surface area (Å²) in [4.78, 5) is 12.6. The van der Waals surface area contributed by atoms with Crippen LogP contribution in [0, 0.1) is 0 Å². The number of unbranched alkanes of at least 4 members (excludes halogenated alkanes) is 16. The number of aliphatic hydroxyl groups excluding tert-OH is 1. The molecule has 1 amide bonds. The Hall–Kier alpha value is 0.102. The zero-order valence-electron chi connectivity index (χ0n) is 25.3. The molecule has 0 saturated carbocycles. The lowest BCUT2D eigenvalue weighted by molar-refractivity contribution is -0.122. The van der Waals surface area contributed by atoms with Crippen LogP contribution in [0.15, 0.2) is 0 Å². The van der Waals surface area contributed by atoms with E-state index in [1.165, 1.54) is 96.3 Å². The van der Waals surface area contributed by atoms with Crippen LogP contribution in [-0.2, 0) is 9.22 Å². The normalized spacial score (nSPS) is 16.1. The lowest BCUT2D eigenvalue weighted by Crippen LogP contribution is -2.36. The van der Waals surface area contributed by atoms with Crippen LogP contribution in [0.1, 0.15) is 155 Å². The molecule has 0 saturated heterocycles. The molecule has 4 nitrogen and oxygen atoms in total. The Labute approximate surface area is 226 Å². The topological polar surface area (TPSA) is 58.6 Å². The zero-order valence-corrected chi connectivity index (χ0v) is 25.3. The summed E-state index contributed by atoms with van der Waals surface area (Å²) in [5.41, 5.74) is 0. The molecule has 206 valence electrons. The standard InChI is InChI=1S/C28H59BNO3PSi/c1-3-5-7-9-11-12-13-14-16-18-20-22-28(32)30-26(21-19-17-15-10-8-6-4-2)23-24-27(31)25-33-35(29)34/h26-27,31,35H,3-25,34H2,1-2H3,(H,30,32)/t26?,27-,35?/m0/s1/i34T,35D/t26?,27-,34?,35?. The molecule has 0 aliphatic heterocycles. The van der Waals surface area contributed by atoms with Crippen molar-refractivity contribution in [2.24, 2.45) is 0 Å². The van der Waals surface area contributed by atoms with Crippen molar-refractivity contribution in [1.82, 2.24) is 5.32 Å². The second-order valence-corrected chi connectivity index (χ2v) is 12.9. The molecule has 3 unspecified atom stereocenters. The van der Waals surface area contributed by atoms with E-state index in [-0.39, 0.29) is 18.6 Å². The first kappa shape index (κ1) is 31.3. The van der Waals surface area contributed by atoms with E-state index in [0.717, 1.165) is 25.7 Å². The van der Waals surface area contributed by atoms with Crippen LogP contribution in [0.4, 0.5) is 0 Å². The summed E-state index contributed by atoms with van der Waals surface area (Å²) >= 11 is 0. The minimum Gasteiger partial charge on any atom is -0.422 e. The van der Waals surface area contributed by atoms with Crippen molar-refractivity contribution in [2.75, 3.05) is 6.61 Å². The summed E-state index contributed by atoms with van der Waals surface area (Å²) in [5.74, 6) is 0.129. The number of amides is 1. The molecule has 0 aromatic heterocycles. The summed E-state index contributed by atoms with van der Waals surface area (Å²) in [6.45, 7) is 4.50. The van der Waals surface area contributed by atoms with Crippen molar-refractivity contribution in [3.8, 4) is 0 Å². The molecule has 0 bridgehead atoms. The first-order valence-corrected chi connectivity index (χ1v) is 17.9. The van der Waals surface area contributed by atoms with Gasteiger partial charge in [-0.15, -0.1) is 8.73 Å². The number of rotatable bonds is 28. The highest BCUT2D eigenvalue weighted by molar-refractivity contribution is 7.70. The number of carbonyl (C=O) groups excluding carboxylic acids is 1. The number of hydrogen-bond donors (Lipinski definition) is 2. The predicted octanol–water partition coefficient (Wildman–Crippen LogP) is 7.23. The largest absolute Gasteiger partial charge is 0.422 e. The van der Waals surface area contributed by atoms with Crippen molar-refractivity contribution < 1.29 is 14.3 Å². The van der Waals surface area contributed by atoms with Gasteiger partial charge < -0.3 is 14.8 Å². The van der Waals surface area contributed by atoms with E-state index in [1.807, 2.05) is 0 Å². The molecule has 7 heteroatoms. The summed E-state index contributed by atoms with van der Waals surface area (Å²) in [7, 11) is 2.00. The van der Waals surface area contributed by atoms with Gasteiger partial charge in [-0.1, -0.05) is 123 Å². The van der Waals surface area contributed by atoms with Crippen LogP contribution < -0.4 is 5.32 Å². The molecule has 0 aliphatic rings. The molecule has 0 fully saturated rings. The van der Waals surface area contributed by atoms with Crippen LogP contribution in [0.5, 0.6) is 0 Å². The molecule has 2 radical (unpaired) electrons. The fraction of sp³-hybridized carbons (Fsp3) is 0.964. The van der Waals surface area contributed by atoms with E-state index >= 15 is 0 Å². The predicted molar refractivity (Wildman–Crippen MR) is 159 cm³/mol. The third kappa shape index (κ3) is 27.0. The number of hydrogen-bond acceptors (Lipinski definition) is 3. The molecule has 2 N–H and O–H groups in total. The first-order valence-electron chi connectivity index (χ1n) is 15.9. The smallest absolute Gasteiger partial charge is 0.220 e. The Morgan fingerprint density at radius 1 is 0.886 bits per heavy atom. The fourth-order valence-electron chi connectivity index (χ4n) is 4.55. The van der Waals surface area contributed by atoms with Gasteiger partial charge in [0.25, 0.3) is 0 Å². The van der Waals surface area contributed by atoms with Gasteiger partial charge in [-0.2, -0.15) is 0 Å².